The van der Waals surface area contributed by atoms with E-state index >= 15 is 0 Å². The van der Waals surface area contributed by atoms with Crippen molar-refractivity contribution in [1.29, 1.82) is 0 Å². The molecule has 4 nitrogen and oxygen atoms in total. The Labute approximate surface area is 127 Å². The van der Waals surface area contributed by atoms with Crippen LogP contribution in [0.15, 0.2) is 30.3 Å². The summed E-state index contributed by atoms with van der Waals surface area (Å²) in [5, 5.41) is 6.55. The highest BCUT2D eigenvalue weighted by Crippen LogP contribution is 2.20. The summed E-state index contributed by atoms with van der Waals surface area (Å²) >= 11 is 0. The first-order chi connectivity index (χ1) is 10.3. The molecule has 1 aromatic rings. The van der Waals surface area contributed by atoms with Crippen LogP contribution in [0, 0.1) is 0 Å². The zero-order valence-corrected chi connectivity index (χ0v) is 13.1. The molecule has 0 aromatic heterocycles. The average molecular weight is 289 g/mol. The minimum atomic E-state index is -0.192. The minimum absolute atomic E-state index is 0.110. The van der Waals surface area contributed by atoms with Crippen LogP contribution in [0.5, 0.6) is 0 Å². The predicted octanol–water partition coefficient (Wildman–Crippen LogP) is 1.94. The maximum Gasteiger partial charge on any atom is 0.242 e. The van der Waals surface area contributed by atoms with Gasteiger partial charge in [-0.1, -0.05) is 44.2 Å². The Hall–Kier alpha value is -1.39. The monoisotopic (exact) mass is 289 g/mol. The highest BCUT2D eigenvalue weighted by molar-refractivity contribution is 5.83. The lowest BCUT2D eigenvalue weighted by Gasteiger charge is -2.29. The van der Waals surface area contributed by atoms with Crippen molar-refractivity contribution >= 4 is 5.91 Å². The topological polar surface area (TPSA) is 44.4 Å². The van der Waals surface area contributed by atoms with Gasteiger partial charge in [-0.25, -0.2) is 0 Å². The predicted molar refractivity (Wildman–Crippen MR) is 86.1 cm³/mol. The van der Waals surface area contributed by atoms with Gasteiger partial charge < -0.3 is 10.6 Å². The smallest absolute Gasteiger partial charge is 0.242 e. The van der Waals surface area contributed by atoms with E-state index in [0.29, 0.717) is 6.04 Å². The summed E-state index contributed by atoms with van der Waals surface area (Å²) in [4.78, 5) is 14.9. The van der Waals surface area contributed by atoms with Crippen LogP contribution in [0.3, 0.4) is 0 Å². The van der Waals surface area contributed by atoms with Crippen molar-refractivity contribution in [2.24, 2.45) is 0 Å². The lowest BCUT2D eigenvalue weighted by Crippen LogP contribution is -2.44. The second-order valence-electron chi connectivity index (χ2n) is 5.57. The first kappa shape index (κ1) is 16.0. The van der Waals surface area contributed by atoms with E-state index in [-0.39, 0.29) is 11.9 Å². The van der Waals surface area contributed by atoms with Crippen LogP contribution in [0.2, 0.25) is 0 Å². The molecule has 1 aliphatic rings. The Kier molecular flexibility index (Phi) is 6.21. The number of benzene rings is 1. The fraction of sp³-hybridized carbons (Fsp3) is 0.588. The van der Waals surface area contributed by atoms with Crippen molar-refractivity contribution in [3.8, 4) is 0 Å². The van der Waals surface area contributed by atoms with Gasteiger partial charge in [-0.3, -0.25) is 9.69 Å². The van der Waals surface area contributed by atoms with Crippen LogP contribution in [0.25, 0.3) is 0 Å². The summed E-state index contributed by atoms with van der Waals surface area (Å²) in [5.41, 5.74) is 1.07. The molecular weight excluding hydrogens is 262 g/mol. The molecule has 2 N–H and O–H groups in total. The van der Waals surface area contributed by atoms with Gasteiger partial charge in [0.05, 0.1) is 0 Å². The van der Waals surface area contributed by atoms with Crippen LogP contribution >= 0.6 is 0 Å². The molecule has 4 heteroatoms. The summed E-state index contributed by atoms with van der Waals surface area (Å²) in [5.74, 6) is 0.110. The standard InChI is InChI=1S/C17H27N3O/c1-3-20(4-2)16(14-9-6-5-7-10-14)17(21)19-13-15-11-8-12-18-15/h5-7,9-10,15-16,18H,3-4,8,11-13H2,1-2H3,(H,19,21). The number of amides is 1. The molecule has 0 aliphatic carbocycles. The van der Waals surface area contributed by atoms with Gasteiger partial charge in [0, 0.05) is 12.6 Å². The van der Waals surface area contributed by atoms with Crippen molar-refractivity contribution in [3.63, 3.8) is 0 Å². The number of carbonyl (C=O) groups excluding carboxylic acids is 1. The fourth-order valence-corrected chi connectivity index (χ4v) is 3.00. The van der Waals surface area contributed by atoms with E-state index in [1.807, 2.05) is 30.3 Å². The first-order valence-electron chi connectivity index (χ1n) is 8.06. The number of rotatable bonds is 7. The Morgan fingerprint density at radius 2 is 2.05 bits per heavy atom. The SMILES string of the molecule is CCN(CC)C(C(=O)NCC1CCCN1)c1ccccc1. The maximum absolute atomic E-state index is 12.7. The van der Waals surface area contributed by atoms with Gasteiger partial charge in [0.25, 0.3) is 0 Å². The summed E-state index contributed by atoms with van der Waals surface area (Å²) in [7, 11) is 0. The Morgan fingerprint density at radius 3 is 2.62 bits per heavy atom. The number of nitrogens with zero attached hydrogens (tertiary/aromatic N) is 1. The van der Waals surface area contributed by atoms with E-state index in [9.17, 15) is 4.79 Å². The molecular formula is C17H27N3O. The van der Waals surface area contributed by atoms with Gasteiger partial charge in [-0.05, 0) is 38.0 Å². The summed E-state index contributed by atoms with van der Waals surface area (Å²) < 4.78 is 0. The summed E-state index contributed by atoms with van der Waals surface area (Å²) in [6.45, 7) is 7.73. The highest BCUT2D eigenvalue weighted by Gasteiger charge is 2.26. The molecule has 0 radical (unpaired) electrons. The van der Waals surface area contributed by atoms with Crippen molar-refractivity contribution in [2.45, 2.75) is 38.8 Å². The van der Waals surface area contributed by atoms with E-state index in [2.05, 4.69) is 29.4 Å². The molecule has 21 heavy (non-hydrogen) atoms. The van der Waals surface area contributed by atoms with Crippen LogP contribution < -0.4 is 10.6 Å². The average Bonchev–Trinajstić information content (AvgIpc) is 3.04. The quantitative estimate of drug-likeness (QED) is 0.806. The molecule has 1 heterocycles. The second kappa shape index (κ2) is 8.15. The van der Waals surface area contributed by atoms with E-state index < -0.39 is 0 Å². The number of hydrogen-bond donors (Lipinski definition) is 2. The van der Waals surface area contributed by atoms with Crippen molar-refractivity contribution < 1.29 is 4.79 Å². The van der Waals surface area contributed by atoms with Crippen LogP contribution in [-0.4, -0.2) is 43.0 Å². The molecule has 1 saturated heterocycles. The lowest BCUT2D eigenvalue weighted by atomic mass is 10.0. The molecule has 2 atom stereocenters. The number of nitrogens with one attached hydrogen (secondary N) is 2. The molecule has 1 aliphatic heterocycles. The minimum Gasteiger partial charge on any atom is -0.353 e. The molecule has 2 unspecified atom stereocenters. The Balaban J connectivity index is 2.05. The van der Waals surface area contributed by atoms with E-state index in [4.69, 9.17) is 0 Å². The van der Waals surface area contributed by atoms with Crippen LogP contribution in [-0.2, 0) is 4.79 Å². The normalized spacial score (nSPS) is 19.7. The van der Waals surface area contributed by atoms with E-state index in [1.165, 1.54) is 6.42 Å². The number of hydrogen-bond acceptors (Lipinski definition) is 3. The number of carbonyl (C=O) groups is 1. The van der Waals surface area contributed by atoms with Crippen molar-refractivity contribution in [1.82, 2.24) is 15.5 Å². The summed E-state index contributed by atoms with van der Waals surface area (Å²) in [6.07, 6.45) is 2.36. The molecule has 1 aromatic carbocycles. The number of likely N-dealkylation sites (N-methyl/N-ethyl adjacent to an activating group) is 1. The zero-order chi connectivity index (χ0) is 15.1. The van der Waals surface area contributed by atoms with Crippen molar-refractivity contribution in [2.75, 3.05) is 26.2 Å². The molecule has 1 amide bonds. The van der Waals surface area contributed by atoms with Gasteiger partial charge >= 0.3 is 0 Å². The van der Waals surface area contributed by atoms with Gasteiger partial charge in [-0.15, -0.1) is 0 Å². The van der Waals surface area contributed by atoms with E-state index in [1.54, 1.807) is 0 Å². The lowest BCUT2D eigenvalue weighted by molar-refractivity contribution is -0.126. The molecule has 116 valence electrons. The Bertz CT molecular complexity index is 425. The third kappa shape index (κ3) is 4.29. The highest BCUT2D eigenvalue weighted by atomic mass is 16.2. The van der Waals surface area contributed by atoms with Gasteiger partial charge in [0.15, 0.2) is 0 Å². The molecule has 2 rings (SSSR count). The molecule has 1 fully saturated rings. The maximum atomic E-state index is 12.7. The molecule has 0 saturated carbocycles. The molecule has 0 bridgehead atoms. The van der Waals surface area contributed by atoms with Gasteiger partial charge in [-0.2, -0.15) is 0 Å². The van der Waals surface area contributed by atoms with Crippen LogP contribution in [0.1, 0.15) is 38.3 Å². The Morgan fingerprint density at radius 1 is 1.33 bits per heavy atom. The fourth-order valence-electron chi connectivity index (χ4n) is 3.00. The summed E-state index contributed by atoms with van der Waals surface area (Å²) in [6, 6.07) is 10.3. The molecule has 0 spiro atoms. The van der Waals surface area contributed by atoms with Crippen molar-refractivity contribution in [3.05, 3.63) is 35.9 Å². The second-order valence-corrected chi connectivity index (χ2v) is 5.57. The van der Waals surface area contributed by atoms with Crippen LogP contribution in [0.4, 0.5) is 0 Å². The largest absolute Gasteiger partial charge is 0.353 e. The van der Waals surface area contributed by atoms with Gasteiger partial charge in [0.2, 0.25) is 5.91 Å². The zero-order valence-electron chi connectivity index (χ0n) is 13.1. The third-order valence-corrected chi connectivity index (χ3v) is 4.23. The van der Waals surface area contributed by atoms with E-state index in [0.717, 1.165) is 38.2 Å². The third-order valence-electron chi connectivity index (χ3n) is 4.23. The van der Waals surface area contributed by atoms with Gasteiger partial charge in [0.1, 0.15) is 6.04 Å². The first-order valence-corrected chi connectivity index (χ1v) is 8.06.